The molecule has 1 aliphatic heterocycles. The molecule has 1 aliphatic rings. The number of nitrogens with zero attached hydrogens (tertiary/aromatic N) is 2. The number of allylic oxidation sites excluding steroid dienone is 1. The van der Waals surface area contributed by atoms with Gasteiger partial charge >= 0.3 is 0 Å². The highest BCUT2D eigenvalue weighted by atomic mass is 79.9. The third kappa shape index (κ3) is 5.61. The Bertz CT molecular complexity index is 1390. The van der Waals surface area contributed by atoms with Crippen LogP contribution < -0.4 is 0 Å². The number of non-ortho nitro benzene ring substituents is 1. The molecule has 0 N–H and O–H groups in total. The van der Waals surface area contributed by atoms with Crippen molar-refractivity contribution in [1.82, 2.24) is 4.31 Å². The molecule has 1 saturated heterocycles. The number of halogens is 1. The van der Waals surface area contributed by atoms with Crippen molar-refractivity contribution in [3.05, 3.63) is 86.6 Å². The maximum absolute atomic E-state index is 12.9. The minimum Gasteiger partial charge on any atom is -0.457 e. The van der Waals surface area contributed by atoms with E-state index in [9.17, 15) is 23.3 Å². The maximum Gasteiger partial charge on any atom is 0.270 e. The highest BCUT2D eigenvalue weighted by molar-refractivity contribution is 9.10. The first kappa shape index (κ1) is 25.0. The van der Waals surface area contributed by atoms with Crippen molar-refractivity contribution in [2.75, 3.05) is 13.1 Å². The van der Waals surface area contributed by atoms with Gasteiger partial charge in [-0.15, -0.1) is 0 Å². The fourth-order valence-corrected chi connectivity index (χ4v) is 5.86. The Kier molecular flexibility index (Phi) is 7.34. The Morgan fingerprint density at radius 2 is 1.80 bits per heavy atom. The van der Waals surface area contributed by atoms with Gasteiger partial charge in [-0.05, 0) is 89.3 Å². The van der Waals surface area contributed by atoms with E-state index in [0.717, 1.165) is 12.8 Å². The van der Waals surface area contributed by atoms with Crippen LogP contribution in [0.3, 0.4) is 0 Å². The van der Waals surface area contributed by atoms with E-state index in [2.05, 4.69) is 22.9 Å². The second-order valence-electron chi connectivity index (χ2n) is 8.43. The highest BCUT2D eigenvalue weighted by Crippen LogP contribution is 2.33. The molecular formula is C25H23BrN2O6S. The van der Waals surface area contributed by atoms with E-state index in [-0.39, 0.29) is 16.4 Å². The molecule has 3 aromatic rings. The van der Waals surface area contributed by atoms with E-state index in [1.807, 2.05) is 0 Å². The van der Waals surface area contributed by atoms with Gasteiger partial charge in [-0.3, -0.25) is 14.9 Å². The summed E-state index contributed by atoms with van der Waals surface area (Å²) in [4.78, 5) is 23.2. The number of nitro benzene ring substituents is 1. The number of hydrogen-bond acceptors (Lipinski definition) is 6. The molecule has 0 bridgehead atoms. The number of sulfonamides is 1. The Morgan fingerprint density at radius 1 is 1.11 bits per heavy atom. The summed E-state index contributed by atoms with van der Waals surface area (Å²) >= 11 is 3.32. The quantitative estimate of drug-likeness (QED) is 0.154. The summed E-state index contributed by atoms with van der Waals surface area (Å²) in [7, 11) is -3.57. The molecule has 0 unspecified atom stereocenters. The van der Waals surface area contributed by atoms with Gasteiger partial charge in [-0.2, -0.15) is 4.31 Å². The minimum atomic E-state index is -3.57. The second kappa shape index (κ2) is 10.3. The molecule has 1 fully saturated rings. The van der Waals surface area contributed by atoms with Gasteiger partial charge < -0.3 is 4.42 Å². The van der Waals surface area contributed by atoms with Crippen LogP contribution in [-0.4, -0.2) is 36.5 Å². The molecule has 0 saturated carbocycles. The number of ketones is 1. The van der Waals surface area contributed by atoms with Gasteiger partial charge in [-0.1, -0.05) is 6.92 Å². The number of piperidine rings is 1. The average molecular weight is 559 g/mol. The zero-order valence-corrected chi connectivity index (χ0v) is 21.3. The van der Waals surface area contributed by atoms with E-state index in [1.54, 1.807) is 18.2 Å². The van der Waals surface area contributed by atoms with Crippen molar-refractivity contribution >= 4 is 43.5 Å². The van der Waals surface area contributed by atoms with Crippen LogP contribution in [-0.2, 0) is 10.0 Å². The highest BCUT2D eigenvalue weighted by Gasteiger charge is 2.28. The van der Waals surface area contributed by atoms with Crippen LogP contribution in [0, 0.1) is 16.0 Å². The third-order valence-corrected chi connectivity index (χ3v) is 8.54. The summed E-state index contributed by atoms with van der Waals surface area (Å²) in [5.74, 6) is 1.14. The van der Waals surface area contributed by atoms with Crippen LogP contribution in [0.15, 0.2) is 74.5 Å². The van der Waals surface area contributed by atoms with Crippen molar-refractivity contribution in [2.45, 2.75) is 24.7 Å². The first-order chi connectivity index (χ1) is 16.6. The normalized spacial score (nSPS) is 15.5. The maximum atomic E-state index is 12.9. The summed E-state index contributed by atoms with van der Waals surface area (Å²) in [6.07, 6.45) is 4.56. The summed E-state index contributed by atoms with van der Waals surface area (Å²) in [5, 5.41) is 10.9. The molecule has 8 nitrogen and oxygen atoms in total. The molecule has 0 spiro atoms. The van der Waals surface area contributed by atoms with E-state index < -0.39 is 14.9 Å². The van der Waals surface area contributed by atoms with Gasteiger partial charge in [0, 0.05) is 40.8 Å². The van der Waals surface area contributed by atoms with Gasteiger partial charge in [0.15, 0.2) is 5.78 Å². The number of furan rings is 1. The molecule has 0 aliphatic carbocycles. The largest absolute Gasteiger partial charge is 0.457 e. The molecule has 182 valence electrons. The lowest BCUT2D eigenvalue weighted by molar-refractivity contribution is -0.384. The smallest absolute Gasteiger partial charge is 0.270 e. The summed E-state index contributed by atoms with van der Waals surface area (Å²) in [5.41, 5.74) is 0.959. The van der Waals surface area contributed by atoms with Crippen LogP contribution in [0.5, 0.6) is 0 Å². The molecule has 10 heteroatoms. The zero-order valence-electron chi connectivity index (χ0n) is 18.9. The van der Waals surface area contributed by atoms with Gasteiger partial charge in [0.25, 0.3) is 5.69 Å². The second-order valence-corrected chi connectivity index (χ2v) is 11.2. The van der Waals surface area contributed by atoms with Crippen LogP contribution in [0.25, 0.3) is 17.4 Å². The Labute approximate surface area is 211 Å². The predicted octanol–water partition coefficient (Wildman–Crippen LogP) is 5.93. The average Bonchev–Trinajstić information content (AvgIpc) is 3.31. The standard InChI is InChI=1S/C25H23BrN2O6S/c1-17-12-14-27(15-13-17)35(32,33)21-7-2-18(3-8-21)24(29)10-5-20-6-11-25(34-20)22-9-4-19(28(30)31)16-23(22)26/h2-11,16-17H,12-15H2,1H3/b10-5+. The minimum absolute atomic E-state index is 0.0396. The number of benzene rings is 2. The summed E-state index contributed by atoms with van der Waals surface area (Å²) < 4.78 is 33.5. The Balaban J connectivity index is 1.44. The fraction of sp³-hybridized carbons (Fsp3) is 0.240. The van der Waals surface area contributed by atoms with Gasteiger partial charge in [0.1, 0.15) is 11.5 Å². The number of rotatable bonds is 7. The molecule has 2 aromatic carbocycles. The van der Waals surface area contributed by atoms with E-state index >= 15 is 0 Å². The van der Waals surface area contributed by atoms with Crippen molar-refractivity contribution < 1.29 is 22.6 Å². The topological polar surface area (TPSA) is 111 Å². The molecule has 0 amide bonds. The lowest BCUT2D eigenvalue weighted by atomic mass is 10.0. The zero-order chi connectivity index (χ0) is 25.2. The SMILES string of the molecule is CC1CCN(S(=O)(=O)c2ccc(C(=O)/C=C/c3ccc(-c4ccc([N+](=O)[O-])cc4Br)o3)cc2)CC1. The van der Waals surface area contributed by atoms with Crippen molar-refractivity contribution in [2.24, 2.45) is 5.92 Å². The Morgan fingerprint density at radius 3 is 2.43 bits per heavy atom. The predicted molar refractivity (Wildman–Crippen MR) is 135 cm³/mol. The summed E-state index contributed by atoms with van der Waals surface area (Å²) in [6.45, 7) is 3.14. The Hall–Kier alpha value is -3.08. The lowest BCUT2D eigenvalue weighted by Crippen LogP contribution is -2.37. The van der Waals surface area contributed by atoms with Crippen LogP contribution in [0.4, 0.5) is 5.69 Å². The molecule has 0 radical (unpaired) electrons. The molecule has 35 heavy (non-hydrogen) atoms. The van der Waals surface area contributed by atoms with Crippen molar-refractivity contribution in [3.8, 4) is 11.3 Å². The van der Waals surface area contributed by atoms with Gasteiger partial charge in [0.2, 0.25) is 10.0 Å². The number of carbonyl (C=O) groups is 1. The lowest BCUT2D eigenvalue weighted by Gasteiger charge is -2.29. The first-order valence-electron chi connectivity index (χ1n) is 11.0. The van der Waals surface area contributed by atoms with Crippen molar-refractivity contribution in [1.29, 1.82) is 0 Å². The van der Waals surface area contributed by atoms with E-state index in [1.165, 1.54) is 52.9 Å². The summed E-state index contributed by atoms with van der Waals surface area (Å²) in [6, 6.07) is 13.7. The molecule has 4 rings (SSSR count). The van der Waals surface area contributed by atoms with E-state index in [4.69, 9.17) is 4.42 Å². The number of nitro groups is 1. The fourth-order valence-electron chi connectivity index (χ4n) is 3.82. The first-order valence-corrected chi connectivity index (χ1v) is 13.3. The third-order valence-electron chi connectivity index (χ3n) is 5.97. The van der Waals surface area contributed by atoms with Crippen LogP contribution in [0.2, 0.25) is 0 Å². The number of hydrogen-bond donors (Lipinski definition) is 0. The molecular weight excluding hydrogens is 536 g/mol. The van der Waals surface area contributed by atoms with Gasteiger partial charge in [-0.25, -0.2) is 8.42 Å². The van der Waals surface area contributed by atoms with Gasteiger partial charge in [0.05, 0.1) is 9.82 Å². The van der Waals surface area contributed by atoms with E-state index in [0.29, 0.717) is 46.1 Å². The monoisotopic (exact) mass is 558 g/mol. The van der Waals surface area contributed by atoms with Crippen LogP contribution in [0.1, 0.15) is 35.9 Å². The molecule has 1 aromatic heterocycles. The number of carbonyl (C=O) groups excluding carboxylic acids is 1. The van der Waals surface area contributed by atoms with Crippen molar-refractivity contribution in [3.63, 3.8) is 0 Å². The molecule has 2 heterocycles. The molecule has 0 atom stereocenters. The van der Waals surface area contributed by atoms with Crippen LogP contribution >= 0.6 is 15.9 Å².